The molecule has 0 amide bonds. The summed E-state index contributed by atoms with van der Waals surface area (Å²) in [5.74, 6) is 0.652. The molecule has 0 aromatic carbocycles. The van der Waals surface area contributed by atoms with Crippen molar-refractivity contribution in [1.82, 2.24) is 9.97 Å². The molecular formula is C10H10N2OS. The van der Waals surface area contributed by atoms with Crippen LogP contribution in [0.2, 0.25) is 0 Å². The Morgan fingerprint density at radius 2 is 2.21 bits per heavy atom. The van der Waals surface area contributed by atoms with E-state index in [1.165, 1.54) is 22.0 Å². The van der Waals surface area contributed by atoms with Gasteiger partial charge in [-0.2, -0.15) is 0 Å². The van der Waals surface area contributed by atoms with E-state index in [1.807, 2.05) is 19.9 Å². The fourth-order valence-electron chi connectivity index (χ4n) is 1.37. The second-order valence-electron chi connectivity index (χ2n) is 3.11. The van der Waals surface area contributed by atoms with Crippen molar-refractivity contribution in [2.75, 3.05) is 0 Å². The second-order valence-corrected chi connectivity index (χ2v) is 4.57. The SMILES string of the molecule is Cc1cc(-c2nccc(=O)[nH]2)c(C)s1. The van der Waals surface area contributed by atoms with Gasteiger partial charge in [0.2, 0.25) is 0 Å². The number of H-pyrrole nitrogens is 1. The topological polar surface area (TPSA) is 45.8 Å². The lowest BCUT2D eigenvalue weighted by Gasteiger charge is -1.96. The van der Waals surface area contributed by atoms with E-state index in [4.69, 9.17) is 0 Å². The van der Waals surface area contributed by atoms with Crippen LogP contribution < -0.4 is 5.56 Å². The van der Waals surface area contributed by atoms with Gasteiger partial charge in [-0.05, 0) is 19.9 Å². The van der Waals surface area contributed by atoms with E-state index in [0.717, 1.165) is 5.56 Å². The molecule has 0 bridgehead atoms. The number of rotatable bonds is 1. The van der Waals surface area contributed by atoms with Crippen molar-refractivity contribution < 1.29 is 0 Å². The maximum atomic E-state index is 11.1. The summed E-state index contributed by atoms with van der Waals surface area (Å²) in [5, 5.41) is 0. The highest BCUT2D eigenvalue weighted by atomic mass is 32.1. The lowest BCUT2D eigenvalue weighted by Crippen LogP contribution is -2.05. The van der Waals surface area contributed by atoms with Crippen molar-refractivity contribution in [3.63, 3.8) is 0 Å². The molecule has 0 fully saturated rings. The summed E-state index contributed by atoms with van der Waals surface area (Å²) in [4.78, 5) is 20.3. The van der Waals surface area contributed by atoms with Crippen molar-refractivity contribution in [2.24, 2.45) is 0 Å². The largest absolute Gasteiger partial charge is 0.307 e. The Morgan fingerprint density at radius 3 is 2.79 bits per heavy atom. The molecule has 2 aromatic heterocycles. The zero-order chi connectivity index (χ0) is 10.1. The minimum Gasteiger partial charge on any atom is -0.307 e. The van der Waals surface area contributed by atoms with E-state index in [9.17, 15) is 4.79 Å². The summed E-state index contributed by atoms with van der Waals surface area (Å²) in [5.41, 5.74) is 0.906. The van der Waals surface area contributed by atoms with Gasteiger partial charge in [-0.3, -0.25) is 4.79 Å². The molecule has 0 saturated carbocycles. The van der Waals surface area contributed by atoms with Gasteiger partial charge in [-0.15, -0.1) is 11.3 Å². The molecule has 1 N–H and O–H groups in total. The van der Waals surface area contributed by atoms with Crippen LogP contribution in [0.15, 0.2) is 23.1 Å². The first-order chi connectivity index (χ1) is 6.66. The third kappa shape index (κ3) is 1.61. The normalized spacial score (nSPS) is 10.4. The molecule has 0 atom stereocenters. The van der Waals surface area contributed by atoms with Crippen molar-refractivity contribution in [3.05, 3.63) is 38.4 Å². The molecule has 0 aliphatic carbocycles. The van der Waals surface area contributed by atoms with Crippen LogP contribution in [0.3, 0.4) is 0 Å². The highest BCUT2D eigenvalue weighted by molar-refractivity contribution is 7.12. The number of nitrogens with one attached hydrogen (secondary N) is 1. The Bertz CT molecular complexity index is 513. The van der Waals surface area contributed by atoms with Gasteiger partial charge in [0, 0.05) is 27.6 Å². The minimum absolute atomic E-state index is 0.113. The highest BCUT2D eigenvalue weighted by Gasteiger charge is 2.06. The lowest BCUT2D eigenvalue weighted by molar-refractivity contribution is 1.13. The molecule has 2 aromatic rings. The van der Waals surface area contributed by atoms with E-state index in [2.05, 4.69) is 9.97 Å². The van der Waals surface area contributed by atoms with Crippen molar-refractivity contribution in [3.8, 4) is 11.4 Å². The molecule has 4 heteroatoms. The Kier molecular flexibility index (Phi) is 2.21. The van der Waals surface area contributed by atoms with Crippen molar-refractivity contribution in [1.29, 1.82) is 0 Å². The van der Waals surface area contributed by atoms with Crippen LogP contribution in [-0.2, 0) is 0 Å². The molecule has 0 spiro atoms. The van der Waals surface area contributed by atoms with E-state index < -0.39 is 0 Å². The maximum Gasteiger partial charge on any atom is 0.251 e. The van der Waals surface area contributed by atoms with Gasteiger partial charge < -0.3 is 4.98 Å². The zero-order valence-corrected chi connectivity index (χ0v) is 8.81. The average Bonchev–Trinajstić information content (AvgIpc) is 2.45. The van der Waals surface area contributed by atoms with Gasteiger partial charge in [0.25, 0.3) is 5.56 Å². The van der Waals surface area contributed by atoms with Crippen LogP contribution in [0.5, 0.6) is 0 Å². The third-order valence-corrected chi connectivity index (χ3v) is 2.93. The summed E-state index contributed by atoms with van der Waals surface area (Å²) >= 11 is 1.71. The average molecular weight is 206 g/mol. The predicted octanol–water partition coefficient (Wildman–Crippen LogP) is 2.12. The quantitative estimate of drug-likeness (QED) is 0.776. The maximum absolute atomic E-state index is 11.1. The van der Waals surface area contributed by atoms with Crippen LogP contribution in [-0.4, -0.2) is 9.97 Å². The molecule has 0 aliphatic rings. The fourth-order valence-corrected chi connectivity index (χ4v) is 2.30. The smallest absolute Gasteiger partial charge is 0.251 e. The van der Waals surface area contributed by atoms with Crippen molar-refractivity contribution in [2.45, 2.75) is 13.8 Å². The van der Waals surface area contributed by atoms with Gasteiger partial charge in [0.15, 0.2) is 0 Å². The predicted molar refractivity (Wildman–Crippen MR) is 57.6 cm³/mol. The van der Waals surface area contributed by atoms with Crippen molar-refractivity contribution >= 4 is 11.3 Å². The van der Waals surface area contributed by atoms with Crippen LogP contribution >= 0.6 is 11.3 Å². The zero-order valence-electron chi connectivity index (χ0n) is 8.00. The molecule has 0 aliphatic heterocycles. The number of hydrogen-bond acceptors (Lipinski definition) is 3. The lowest BCUT2D eigenvalue weighted by atomic mass is 10.2. The second kappa shape index (κ2) is 3.38. The number of hydrogen-bond donors (Lipinski definition) is 1. The molecular weight excluding hydrogens is 196 g/mol. The molecule has 0 radical (unpaired) electrons. The number of aryl methyl sites for hydroxylation is 2. The summed E-state index contributed by atoms with van der Waals surface area (Å²) in [6.45, 7) is 4.07. The molecule has 2 rings (SSSR count). The van der Waals surface area contributed by atoms with Gasteiger partial charge in [-0.25, -0.2) is 4.98 Å². The Hall–Kier alpha value is -1.42. The summed E-state index contributed by atoms with van der Waals surface area (Å²) < 4.78 is 0. The summed E-state index contributed by atoms with van der Waals surface area (Å²) in [7, 11) is 0. The highest BCUT2D eigenvalue weighted by Crippen LogP contribution is 2.27. The first-order valence-electron chi connectivity index (χ1n) is 4.29. The molecule has 0 unspecified atom stereocenters. The van der Waals surface area contributed by atoms with Crippen LogP contribution in [0, 0.1) is 13.8 Å². The van der Waals surface area contributed by atoms with E-state index in [-0.39, 0.29) is 5.56 Å². The van der Waals surface area contributed by atoms with Crippen LogP contribution in [0.1, 0.15) is 9.75 Å². The third-order valence-electron chi connectivity index (χ3n) is 1.97. The summed E-state index contributed by atoms with van der Waals surface area (Å²) in [6.07, 6.45) is 1.53. The first-order valence-corrected chi connectivity index (χ1v) is 5.11. The number of nitrogens with zero attached hydrogens (tertiary/aromatic N) is 1. The van der Waals surface area contributed by atoms with Gasteiger partial charge >= 0.3 is 0 Å². The van der Waals surface area contributed by atoms with E-state index >= 15 is 0 Å². The standard InChI is InChI=1S/C10H10N2OS/c1-6-5-8(7(2)14-6)10-11-4-3-9(13)12-10/h3-5H,1-2H3,(H,11,12,13). The first kappa shape index (κ1) is 9.15. The number of thiophene rings is 1. The minimum atomic E-state index is -0.113. The molecule has 2 heterocycles. The van der Waals surface area contributed by atoms with Crippen LogP contribution in [0.4, 0.5) is 0 Å². The molecule has 0 saturated heterocycles. The Balaban J connectivity index is 2.59. The summed E-state index contributed by atoms with van der Waals surface area (Å²) in [6, 6.07) is 3.45. The molecule has 72 valence electrons. The Labute approximate surface area is 85.5 Å². The van der Waals surface area contributed by atoms with Gasteiger partial charge in [-0.1, -0.05) is 0 Å². The fraction of sp³-hybridized carbons (Fsp3) is 0.200. The van der Waals surface area contributed by atoms with Gasteiger partial charge in [0.05, 0.1) is 0 Å². The Morgan fingerprint density at radius 1 is 1.43 bits per heavy atom. The number of aromatic amines is 1. The molecule has 3 nitrogen and oxygen atoms in total. The monoisotopic (exact) mass is 206 g/mol. The van der Waals surface area contributed by atoms with E-state index in [0.29, 0.717) is 5.82 Å². The van der Waals surface area contributed by atoms with Crippen LogP contribution in [0.25, 0.3) is 11.4 Å². The van der Waals surface area contributed by atoms with E-state index in [1.54, 1.807) is 11.3 Å². The number of aromatic nitrogens is 2. The van der Waals surface area contributed by atoms with Gasteiger partial charge in [0.1, 0.15) is 5.82 Å². The molecule has 14 heavy (non-hydrogen) atoms.